The van der Waals surface area contributed by atoms with Crippen LogP contribution in [-0.2, 0) is 36.6 Å². The number of nitrogens with zero attached hydrogens (tertiary/aromatic N) is 1. The van der Waals surface area contributed by atoms with E-state index in [1.807, 2.05) is 42.8 Å². The molecule has 0 spiro atoms. The average Bonchev–Trinajstić information content (AvgIpc) is 3.19. The zero-order valence-electron chi connectivity index (χ0n) is 17.3. The lowest BCUT2D eigenvalue weighted by molar-refractivity contribution is -0.142. The number of ether oxygens (including phenoxy) is 1. The van der Waals surface area contributed by atoms with Gasteiger partial charge in [0.2, 0.25) is 5.91 Å². The quantitative estimate of drug-likeness (QED) is 0.538. The Morgan fingerprint density at radius 3 is 2.57 bits per heavy atom. The number of carbonyl (C=O) groups is 4. The van der Waals surface area contributed by atoms with Gasteiger partial charge in [0.05, 0.1) is 12.5 Å². The molecule has 2 N–H and O–H groups in total. The number of hydrogen-bond donors (Lipinski definition) is 2. The van der Waals surface area contributed by atoms with E-state index in [1.165, 1.54) is 4.90 Å². The van der Waals surface area contributed by atoms with E-state index in [1.54, 1.807) is 0 Å². The lowest BCUT2D eigenvalue weighted by Crippen LogP contribution is -2.51. The standard InChI is InChI=1S/C21H28N2O6S/c1-30(2)14-16(24)10-11-17(20(26)27)22-19(25)18-9-6-12-23(18)21(28)29-13-15-7-4-3-5-8-15/h3-5,7-8,17-18H,6,9-14H2,1-2H3,(H-,22,25,26,27)/p+1/t17-,18-/m0/s1. The number of hydrogen-bond acceptors (Lipinski definition) is 5. The highest BCUT2D eigenvalue weighted by atomic mass is 32.2. The summed E-state index contributed by atoms with van der Waals surface area (Å²) >= 11 is 0. The Bertz CT molecular complexity index is 755. The van der Waals surface area contributed by atoms with Crippen LogP contribution in [0, 0.1) is 0 Å². The monoisotopic (exact) mass is 437 g/mol. The summed E-state index contributed by atoms with van der Waals surface area (Å²) in [4.78, 5) is 49.8. The van der Waals surface area contributed by atoms with Crippen LogP contribution in [0.25, 0.3) is 0 Å². The van der Waals surface area contributed by atoms with Crippen LogP contribution in [0.2, 0.25) is 0 Å². The molecule has 0 aliphatic carbocycles. The summed E-state index contributed by atoms with van der Waals surface area (Å²) in [5.74, 6) is -1.34. The smallest absolute Gasteiger partial charge is 0.410 e. The van der Waals surface area contributed by atoms with Gasteiger partial charge < -0.3 is 15.2 Å². The van der Waals surface area contributed by atoms with Crippen molar-refractivity contribution in [1.82, 2.24) is 10.2 Å². The molecule has 0 unspecified atom stereocenters. The van der Waals surface area contributed by atoms with Crippen LogP contribution in [0.5, 0.6) is 0 Å². The second-order valence-electron chi connectivity index (χ2n) is 7.50. The maximum absolute atomic E-state index is 12.7. The third-order valence-corrected chi connectivity index (χ3v) is 5.67. The van der Waals surface area contributed by atoms with Crippen LogP contribution in [0.4, 0.5) is 4.79 Å². The van der Waals surface area contributed by atoms with Crippen molar-refractivity contribution in [2.45, 2.75) is 44.4 Å². The van der Waals surface area contributed by atoms with Gasteiger partial charge in [0, 0.05) is 13.0 Å². The summed E-state index contributed by atoms with van der Waals surface area (Å²) in [6.07, 6.45) is 4.48. The van der Waals surface area contributed by atoms with Gasteiger partial charge in [0.1, 0.15) is 18.7 Å². The summed E-state index contributed by atoms with van der Waals surface area (Å²) < 4.78 is 5.31. The Kier molecular flexibility index (Phi) is 9.16. The number of carboxylic acids is 1. The molecule has 30 heavy (non-hydrogen) atoms. The molecule has 1 aromatic carbocycles. The van der Waals surface area contributed by atoms with Gasteiger partial charge in [-0.2, -0.15) is 0 Å². The van der Waals surface area contributed by atoms with Gasteiger partial charge >= 0.3 is 12.1 Å². The van der Waals surface area contributed by atoms with E-state index in [-0.39, 0.29) is 36.1 Å². The molecule has 1 fully saturated rings. The highest BCUT2D eigenvalue weighted by Gasteiger charge is 2.36. The SMILES string of the molecule is C[S+](C)CC(=O)CC[C@H](NC(=O)[C@@H]1CCCN1C(=O)OCc1ccccc1)C(=O)O. The molecule has 0 aromatic heterocycles. The maximum Gasteiger partial charge on any atom is 0.410 e. The van der Waals surface area contributed by atoms with Crippen molar-refractivity contribution in [2.24, 2.45) is 0 Å². The van der Waals surface area contributed by atoms with Gasteiger partial charge in [-0.05, 0) is 35.7 Å². The zero-order valence-corrected chi connectivity index (χ0v) is 18.2. The van der Waals surface area contributed by atoms with E-state index in [0.29, 0.717) is 25.1 Å². The minimum Gasteiger partial charge on any atom is -0.480 e. The van der Waals surface area contributed by atoms with Crippen LogP contribution in [0.15, 0.2) is 30.3 Å². The number of carbonyl (C=O) groups excluding carboxylic acids is 3. The third-order valence-electron chi connectivity index (χ3n) is 4.77. The van der Waals surface area contributed by atoms with Crippen LogP contribution < -0.4 is 5.32 Å². The molecule has 1 heterocycles. The molecule has 0 bridgehead atoms. The molecular weight excluding hydrogens is 408 g/mol. The molecule has 0 radical (unpaired) electrons. The first-order chi connectivity index (χ1) is 14.3. The first-order valence-electron chi connectivity index (χ1n) is 9.84. The summed E-state index contributed by atoms with van der Waals surface area (Å²) in [6.45, 7) is 0.470. The van der Waals surface area contributed by atoms with Crippen molar-refractivity contribution >= 4 is 34.6 Å². The first-order valence-corrected chi connectivity index (χ1v) is 12.1. The molecule has 1 aliphatic heterocycles. The van der Waals surface area contributed by atoms with Crippen LogP contribution in [-0.4, -0.2) is 70.7 Å². The number of Topliss-reactive ketones (excluding diaryl/α,β-unsaturated/α-hetero) is 1. The van der Waals surface area contributed by atoms with Gasteiger partial charge in [-0.1, -0.05) is 30.3 Å². The van der Waals surface area contributed by atoms with Gasteiger partial charge in [0.25, 0.3) is 0 Å². The fraction of sp³-hybridized carbons (Fsp3) is 0.524. The van der Waals surface area contributed by atoms with Crippen molar-refractivity contribution in [3.05, 3.63) is 35.9 Å². The van der Waals surface area contributed by atoms with E-state index >= 15 is 0 Å². The van der Waals surface area contributed by atoms with Crippen LogP contribution >= 0.6 is 0 Å². The van der Waals surface area contributed by atoms with Crippen molar-refractivity contribution < 1.29 is 29.0 Å². The number of likely N-dealkylation sites (tertiary alicyclic amines) is 1. The summed E-state index contributed by atoms with van der Waals surface area (Å²) in [7, 11) is -0.0522. The van der Waals surface area contributed by atoms with Gasteiger partial charge in [-0.25, -0.2) is 9.59 Å². The maximum atomic E-state index is 12.7. The minimum absolute atomic E-state index is 0.0178. The Hall–Kier alpha value is -2.55. The second kappa shape index (κ2) is 11.6. The lowest BCUT2D eigenvalue weighted by atomic mass is 10.1. The van der Waals surface area contributed by atoms with Crippen LogP contribution in [0.3, 0.4) is 0 Å². The van der Waals surface area contributed by atoms with Crippen molar-refractivity contribution in [1.29, 1.82) is 0 Å². The van der Waals surface area contributed by atoms with E-state index in [9.17, 15) is 24.3 Å². The average molecular weight is 438 g/mol. The topological polar surface area (TPSA) is 113 Å². The number of rotatable bonds is 10. The number of carboxylic acid groups (broad SMARTS) is 1. The predicted octanol–water partition coefficient (Wildman–Crippen LogP) is 1.58. The first kappa shape index (κ1) is 23.7. The molecule has 8 nitrogen and oxygen atoms in total. The third kappa shape index (κ3) is 7.37. The van der Waals surface area contributed by atoms with Gasteiger partial charge in [-0.3, -0.25) is 14.5 Å². The van der Waals surface area contributed by atoms with Gasteiger partial charge in [0.15, 0.2) is 11.5 Å². The molecule has 1 aromatic rings. The van der Waals surface area contributed by atoms with Gasteiger partial charge in [-0.15, -0.1) is 0 Å². The van der Waals surface area contributed by atoms with E-state index in [4.69, 9.17) is 4.74 Å². The van der Waals surface area contributed by atoms with E-state index in [0.717, 1.165) is 5.56 Å². The predicted molar refractivity (Wildman–Crippen MR) is 114 cm³/mol. The molecule has 164 valence electrons. The highest BCUT2D eigenvalue weighted by molar-refractivity contribution is 7.96. The molecule has 2 atom stereocenters. The molecule has 2 rings (SSSR count). The normalized spacial score (nSPS) is 16.9. The van der Waals surface area contributed by atoms with E-state index in [2.05, 4.69) is 5.32 Å². The molecule has 1 aliphatic rings. The number of benzene rings is 1. The molecule has 0 saturated carbocycles. The fourth-order valence-corrected chi connectivity index (χ4v) is 4.07. The zero-order chi connectivity index (χ0) is 22.1. The second-order valence-corrected chi connectivity index (χ2v) is 9.76. The number of ketones is 1. The van der Waals surface area contributed by atoms with Crippen molar-refractivity contribution in [3.63, 3.8) is 0 Å². The van der Waals surface area contributed by atoms with Crippen molar-refractivity contribution in [2.75, 3.05) is 24.8 Å². The summed E-state index contributed by atoms with van der Waals surface area (Å²) in [5.41, 5.74) is 0.837. The number of amides is 2. The minimum atomic E-state index is -1.20. The van der Waals surface area contributed by atoms with E-state index < -0.39 is 30.1 Å². The lowest BCUT2D eigenvalue weighted by Gasteiger charge is -2.25. The van der Waals surface area contributed by atoms with Crippen molar-refractivity contribution in [3.8, 4) is 0 Å². The number of nitrogens with one attached hydrogen (secondary N) is 1. The molecule has 1 saturated heterocycles. The Morgan fingerprint density at radius 1 is 1.23 bits per heavy atom. The largest absolute Gasteiger partial charge is 0.480 e. The molecule has 2 amide bonds. The Balaban J connectivity index is 1.90. The molecular formula is C21H29N2O6S+. The number of aliphatic carboxylic acids is 1. The highest BCUT2D eigenvalue weighted by Crippen LogP contribution is 2.19. The summed E-state index contributed by atoms with van der Waals surface area (Å²) in [5, 5.41) is 11.9. The molecule has 9 heteroatoms. The summed E-state index contributed by atoms with van der Waals surface area (Å²) in [6, 6.07) is 7.27. The Morgan fingerprint density at radius 2 is 1.93 bits per heavy atom. The Labute approximate surface area is 179 Å². The van der Waals surface area contributed by atoms with Crippen LogP contribution in [0.1, 0.15) is 31.2 Å². The fourth-order valence-electron chi connectivity index (χ4n) is 3.28.